The first-order chi connectivity index (χ1) is 7.56. The summed E-state index contributed by atoms with van der Waals surface area (Å²) in [5.41, 5.74) is 1.69. The molecule has 1 aromatic carbocycles. The molecule has 0 fully saturated rings. The molecular weight excluding hydrogens is 272 g/mol. The van der Waals surface area contributed by atoms with Crippen LogP contribution in [0.2, 0.25) is 0 Å². The average Bonchev–Trinajstić information content (AvgIpc) is 2.60. The predicted molar refractivity (Wildman–Crippen MR) is 63.8 cm³/mol. The van der Waals surface area contributed by atoms with Gasteiger partial charge in [0, 0.05) is 0 Å². The zero-order valence-corrected chi connectivity index (χ0v) is 10.4. The summed E-state index contributed by atoms with van der Waals surface area (Å²) in [4.78, 5) is 0. The first-order valence-corrected chi connectivity index (χ1v) is 5.62. The fraction of sp³-hybridized carbons (Fsp3) is 0.333. The first-order valence-electron chi connectivity index (χ1n) is 4.49. The number of alkyl halides is 3. The molecule has 0 unspecified atom stereocenters. The smallest absolute Gasteiger partial charge is 0.213 e. The van der Waals surface area contributed by atoms with Crippen molar-refractivity contribution < 1.29 is 4.74 Å². The number of hydrogen-bond donors (Lipinski definition) is 0. The van der Waals surface area contributed by atoms with Gasteiger partial charge in [0.05, 0.1) is 12.1 Å². The third kappa shape index (κ3) is 2.98. The summed E-state index contributed by atoms with van der Waals surface area (Å²) < 4.78 is 5.41. The zero-order valence-electron chi connectivity index (χ0n) is 8.11. The molecule has 1 aromatic heterocycles. The van der Waals surface area contributed by atoms with Crippen LogP contribution in [0.1, 0.15) is 0 Å². The summed E-state index contributed by atoms with van der Waals surface area (Å²) in [6, 6.07) is 7.56. The first kappa shape index (κ1) is 11.9. The number of ether oxygens (including phenoxy) is 1. The van der Waals surface area contributed by atoms with Crippen LogP contribution >= 0.6 is 34.8 Å². The molecule has 0 spiro atoms. The van der Waals surface area contributed by atoms with Crippen molar-refractivity contribution in [3.05, 3.63) is 24.3 Å². The van der Waals surface area contributed by atoms with Crippen LogP contribution in [0.25, 0.3) is 11.0 Å². The van der Waals surface area contributed by atoms with Crippen molar-refractivity contribution >= 4 is 45.8 Å². The Morgan fingerprint density at radius 2 is 2.00 bits per heavy atom. The van der Waals surface area contributed by atoms with E-state index >= 15 is 0 Å². The Kier molecular flexibility index (Phi) is 3.54. The Bertz CT molecular complexity index is 480. The summed E-state index contributed by atoms with van der Waals surface area (Å²) in [6.07, 6.45) is 0. The molecule has 16 heavy (non-hydrogen) atoms. The highest BCUT2D eigenvalue weighted by atomic mass is 35.6. The van der Waals surface area contributed by atoms with Crippen LogP contribution in [0.5, 0.6) is 0 Å². The molecule has 0 aliphatic rings. The van der Waals surface area contributed by atoms with Crippen LogP contribution in [-0.4, -0.2) is 25.4 Å². The van der Waals surface area contributed by atoms with Crippen LogP contribution in [0.4, 0.5) is 0 Å². The molecule has 0 radical (unpaired) electrons. The molecule has 0 saturated carbocycles. The monoisotopic (exact) mass is 279 g/mol. The van der Waals surface area contributed by atoms with E-state index in [4.69, 9.17) is 39.5 Å². The standard InChI is InChI=1S/C9H8Cl3N3O/c10-9(11,12)5-16-6-15-8-4-2-1-3-7(8)13-14-15/h1-4H,5-6H2. The second kappa shape index (κ2) is 4.75. The van der Waals surface area contributed by atoms with Gasteiger partial charge in [-0.15, -0.1) is 5.10 Å². The summed E-state index contributed by atoms with van der Waals surface area (Å²) in [5.74, 6) is 0. The van der Waals surface area contributed by atoms with E-state index in [1.807, 2.05) is 24.3 Å². The number of rotatable bonds is 3. The maximum atomic E-state index is 5.55. The van der Waals surface area contributed by atoms with E-state index in [-0.39, 0.29) is 13.3 Å². The largest absolute Gasteiger partial charge is 0.355 e. The number of halogens is 3. The highest BCUT2D eigenvalue weighted by Crippen LogP contribution is 2.26. The maximum Gasteiger partial charge on any atom is 0.213 e. The summed E-state index contributed by atoms with van der Waals surface area (Å²) in [5, 5.41) is 7.90. The van der Waals surface area contributed by atoms with Crippen LogP contribution in [-0.2, 0) is 11.5 Å². The third-order valence-corrected chi connectivity index (χ3v) is 2.23. The molecule has 0 aliphatic carbocycles. The Morgan fingerprint density at radius 1 is 1.25 bits per heavy atom. The second-order valence-corrected chi connectivity index (χ2v) is 5.69. The molecule has 4 nitrogen and oxygen atoms in total. The van der Waals surface area contributed by atoms with Crippen LogP contribution in [0.15, 0.2) is 24.3 Å². The van der Waals surface area contributed by atoms with Crippen LogP contribution in [0.3, 0.4) is 0 Å². The molecule has 0 saturated heterocycles. The molecule has 0 bridgehead atoms. The lowest BCUT2D eigenvalue weighted by Crippen LogP contribution is -2.15. The fourth-order valence-electron chi connectivity index (χ4n) is 1.26. The Balaban J connectivity index is 2.05. The van der Waals surface area contributed by atoms with Crippen molar-refractivity contribution in [1.29, 1.82) is 0 Å². The average molecular weight is 281 g/mol. The molecule has 1 heterocycles. The van der Waals surface area contributed by atoms with Crippen molar-refractivity contribution in [1.82, 2.24) is 15.0 Å². The normalized spacial score (nSPS) is 12.2. The molecule has 86 valence electrons. The lowest BCUT2D eigenvalue weighted by atomic mass is 10.3. The molecule has 2 aromatic rings. The highest BCUT2D eigenvalue weighted by molar-refractivity contribution is 6.67. The predicted octanol–water partition coefficient (Wildman–Crippen LogP) is 2.78. The van der Waals surface area contributed by atoms with Gasteiger partial charge in [-0.3, -0.25) is 0 Å². The van der Waals surface area contributed by atoms with E-state index in [1.165, 1.54) is 0 Å². The van der Waals surface area contributed by atoms with Crippen molar-refractivity contribution in [3.63, 3.8) is 0 Å². The number of hydrogen-bond acceptors (Lipinski definition) is 3. The third-order valence-electron chi connectivity index (χ3n) is 1.90. The highest BCUT2D eigenvalue weighted by Gasteiger charge is 2.19. The van der Waals surface area contributed by atoms with Crippen LogP contribution in [0, 0.1) is 0 Å². The summed E-state index contributed by atoms with van der Waals surface area (Å²) in [7, 11) is 0. The number of para-hydroxylation sites is 1. The van der Waals surface area contributed by atoms with Crippen molar-refractivity contribution in [2.45, 2.75) is 10.5 Å². The van der Waals surface area contributed by atoms with Gasteiger partial charge in [-0.05, 0) is 12.1 Å². The molecule has 0 N–H and O–H groups in total. The SMILES string of the molecule is ClC(Cl)(Cl)COCn1nnc2ccccc21. The van der Waals surface area contributed by atoms with Crippen LogP contribution < -0.4 is 0 Å². The van der Waals surface area contributed by atoms with Crippen molar-refractivity contribution in [2.75, 3.05) is 6.61 Å². The van der Waals surface area contributed by atoms with Gasteiger partial charge in [0.1, 0.15) is 12.2 Å². The molecule has 2 rings (SSSR count). The van der Waals surface area contributed by atoms with Crippen molar-refractivity contribution in [3.8, 4) is 0 Å². The Morgan fingerprint density at radius 3 is 2.75 bits per heavy atom. The van der Waals surface area contributed by atoms with Gasteiger partial charge >= 0.3 is 0 Å². The van der Waals surface area contributed by atoms with E-state index in [0.29, 0.717) is 0 Å². The van der Waals surface area contributed by atoms with Gasteiger partial charge in [0.2, 0.25) is 3.79 Å². The lowest BCUT2D eigenvalue weighted by Gasteiger charge is -2.10. The number of benzene rings is 1. The number of nitrogens with zero attached hydrogens (tertiary/aromatic N) is 3. The van der Waals surface area contributed by atoms with Gasteiger partial charge < -0.3 is 4.74 Å². The van der Waals surface area contributed by atoms with E-state index in [2.05, 4.69) is 10.3 Å². The minimum absolute atomic E-state index is 0.00581. The molecule has 0 amide bonds. The number of aromatic nitrogens is 3. The van der Waals surface area contributed by atoms with Gasteiger partial charge in [-0.1, -0.05) is 52.1 Å². The number of fused-ring (bicyclic) bond motifs is 1. The molecule has 0 aliphatic heterocycles. The van der Waals surface area contributed by atoms with E-state index in [9.17, 15) is 0 Å². The second-order valence-electron chi connectivity index (χ2n) is 3.17. The minimum atomic E-state index is -1.41. The zero-order chi connectivity index (χ0) is 11.6. The quantitative estimate of drug-likeness (QED) is 0.812. The summed E-state index contributed by atoms with van der Waals surface area (Å²) >= 11 is 16.7. The van der Waals surface area contributed by atoms with E-state index < -0.39 is 3.79 Å². The van der Waals surface area contributed by atoms with Crippen molar-refractivity contribution in [2.24, 2.45) is 0 Å². The molecule has 7 heteroatoms. The molecule has 0 atom stereocenters. The lowest BCUT2D eigenvalue weighted by molar-refractivity contribution is 0.0743. The van der Waals surface area contributed by atoms with E-state index in [1.54, 1.807) is 4.68 Å². The van der Waals surface area contributed by atoms with Gasteiger partial charge in [-0.2, -0.15) is 0 Å². The van der Waals surface area contributed by atoms with Gasteiger partial charge in [0.25, 0.3) is 0 Å². The maximum absolute atomic E-state index is 5.55. The Labute approximate surface area is 107 Å². The van der Waals surface area contributed by atoms with E-state index in [0.717, 1.165) is 11.0 Å². The summed E-state index contributed by atoms with van der Waals surface area (Å²) in [6.45, 7) is 0.209. The van der Waals surface area contributed by atoms with Gasteiger partial charge in [0.15, 0.2) is 0 Å². The molecular formula is C9H8Cl3N3O. The topological polar surface area (TPSA) is 39.9 Å². The fourth-order valence-corrected chi connectivity index (χ4v) is 1.49. The Hall–Kier alpha value is -0.550. The van der Waals surface area contributed by atoms with Gasteiger partial charge in [-0.25, -0.2) is 4.68 Å². The minimum Gasteiger partial charge on any atom is -0.355 e.